The predicted octanol–water partition coefficient (Wildman–Crippen LogP) is 35.2. The molecule has 0 heterocycles. The van der Waals surface area contributed by atoms with Crippen LogP contribution in [-0.2, 0) is 0 Å². The van der Waals surface area contributed by atoms with Gasteiger partial charge in [0.1, 0.15) is 0 Å². The molecule has 0 bridgehead atoms. The highest BCUT2D eigenvalue weighted by atomic mass is 14.1. The molecule has 0 spiro atoms. The van der Waals surface area contributed by atoms with Gasteiger partial charge in [-0.25, -0.2) is 0 Å². The van der Waals surface area contributed by atoms with Gasteiger partial charge in [0.15, 0.2) is 0 Å². The second-order valence-corrected chi connectivity index (χ2v) is 31.7. The van der Waals surface area contributed by atoms with Crippen molar-refractivity contribution < 1.29 is 0 Å². The molecule has 0 aromatic heterocycles. The van der Waals surface area contributed by atoms with Gasteiger partial charge in [0, 0.05) is 0 Å². The minimum atomic E-state index is 1.28. The lowest BCUT2D eigenvalue weighted by atomic mass is 9.98. The Bertz CT molecular complexity index is 6420. The first kappa shape index (κ1) is 90.2. The van der Waals surface area contributed by atoms with Crippen LogP contribution in [0.5, 0.6) is 0 Å². The van der Waals surface area contributed by atoms with E-state index in [0.717, 1.165) is 0 Å². The van der Waals surface area contributed by atoms with Crippen molar-refractivity contribution in [1.29, 1.82) is 0 Å². The summed E-state index contributed by atoms with van der Waals surface area (Å²) in [4.78, 5) is 0. The quantitative estimate of drug-likeness (QED) is 0.156. The molecule has 0 amide bonds. The largest absolute Gasteiger partial charge is 0.0622 e. The lowest BCUT2D eigenvalue weighted by Crippen LogP contribution is -1.81. The third kappa shape index (κ3) is 29.1. The minimum Gasteiger partial charge on any atom is -0.0622 e. The van der Waals surface area contributed by atoms with E-state index >= 15 is 0 Å². The summed E-state index contributed by atoms with van der Waals surface area (Å²) in [6.07, 6.45) is 0. The molecule has 20 rings (SSSR count). The lowest BCUT2D eigenvalue weighted by molar-refractivity contribution is 1.40. The van der Waals surface area contributed by atoms with E-state index in [4.69, 9.17) is 0 Å². The number of fused-ring (bicyclic) bond motifs is 4. The zero-order valence-electron chi connectivity index (χ0n) is 74.2. The van der Waals surface area contributed by atoms with Gasteiger partial charge >= 0.3 is 0 Å². The van der Waals surface area contributed by atoms with Crippen molar-refractivity contribution in [3.8, 4) is 66.8 Å². The van der Waals surface area contributed by atoms with E-state index in [1.165, 1.54) is 177 Å². The van der Waals surface area contributed by atoms with E-state index in [1.807, 2.05) is 36.4 Å². The van der Waals surface area contributed by atoms with Crippen molar-refractivity contribution in [3.63, 3.8) is 0 Å². The van der Waals surface area contributed by atoms with Crippen LogP contribution in [-0.4, -0.2) is 0 Å². The number of hydrogen-bond donors (Lipinski definition) is 0. The zero-order valence-corrected chi connectivity index (χ0v) is 74.2. The Morgan fingerprint density at radius 3 is 0.774 bits per heavy atom. The van der Waals surface area contributed by atoms with Crippen LogP contribution in [0.1, 0.15) is 66.8 Å². The fourth-order valence-corrected chi connectivity index (χ4v) is 14.0. The molecule has 20 aromatic carbocycles. The van der Waals surface area contributed by atoms with Crippen LogP contribution < -0.4 is 0 Å². The van der Waals surface area contributed by atoms with E-state index < -0.39 is 0 Å². The van der Waals surface area contributed by atoms with Crippen molar-refractivity contribution in [2.45, 2.75) is 83.1 Å². The molecule has 0 nitrogen and oxygen atoms in total. The molecule has 0 atom stereocenters. The minimum absolute atomic E-state index is 1.28. The smallest absolute Gasteiger partial charge is 0.0105 e. The second kappa shape index (κ2) is 48.0. The molecule has 0 radical (unpaired) electrons. The topological polar surface area (TPSA) is 0 Å². The Morgan fingerprint density at radius 1 is 0.105 bits per heavy atom. The van der Waals surface area contributed by atoms with Crippen LogP contribution in [0.15, 0.2) is 485 Å². The molecule has 0 saturated carbocycles. The molecule has 0 aliphatic carbocycles. The molecule has 20 aromatic rings. The van der Waals surface area contributed by atoms with Gasteiger partial charge in [0.25, 0.3) is 0 Å². The van der Waals surface area contributed by atoms with Crippen LogP contribution in [0.3, 0.4) is 0 Å². The lowest BCUT2D eigenvalue weighted by Gasteiger charge is -2.07. The third-order valence-electron chi connectivity index (χ3n) is 21.3. The maximum Gasteiger partial charge on any atom is -0.0105 e. The summed E-state index contributed by atoms with van der Waals surface area (Å²) in [5.41, 5.74) is 31.3. The maximum absolute atomic E-state index is 2.25. The first-order valence-electron chi connectivity index (χ1n) is 43.0. The van der Waals surface area contributed by atoms with Crippen molar-refractivity contribution in [2.24, 2.45) is 0 Å². The monoisotopic (exact) mass is 1600 g/mol. The summed E-state index contributed by atoms with van der Waals surface area (Å²) in [7, 11) is 0. The third-order valence-corrected chi connectivity index (χ3v) is 21.3. The standard InChI is InChI=1S/2C17H14.C14H14.3C13H12.2C11H10.C8H10.C7H8/c1-13-9-11-15(12-10-13)17-8-4-6-14-5-2-3-7-16(14)17;1-13-6-8-15(9-7-13)17-11-10-14-4-2-3-5-16(14)12-17;1-11-3-7-13(8-4-11)14-9-5-12(2)6-10-14;1-11-7-5-6-10-13(11)12-8-3-2-4-9-12;1-11-6-5-9-13(10-11)12-7-3-2-4-8-12;1-11-7-9-13(10-8-11)12-5-3-2-4-6-12;1-9-5-4-7-10-6-2-3-8-11(9)10;1-9-6-7-10-4-2-3-5-11(10)8-9;1-7-3-5-8(2)6-4-7;1-7-5-3-2-4-6-7/h2*2-12H,1H3;3-10H,1-2H3;3*2-10H,1H3;2*2-8H,1H3;3-6H,1-2H3;2-6H,1H3. The molecule has 0 unspecified atom stereocenters. The van der Waals surface area contributed by atoms with E-state index in [-0.39, 0.29) is 0 Å². The first-order chi connectivity index (χ1) is 60.4. The Hall–Kier alpha value is -14.6. The predicted molar refractivity (Wildman–Crippen MR) is 544 cm³/mol. The molecule has 0 fully saturated rings. The zero-order chi connectivity index (χ0) is 87.0. The summed E-state index contributed by atoms with van der Waals surface area (Å²) in [5, 5.41) is 10.5. The molecule has 0 saturated heterocycles. The van der Waals surface area contributed by atoms with Gasteiger partial charge in [0.05, 0.1) is 0 Å². The summed E-state index contributed by atoms with van der Waals surface area (Å²) in [6, 6.07) is 170. The summed E-state index contributed by atoms with van der Waals surface area (Å²) >= 11 is 0. The van der Waals surface area contributed by atoms with Crippen LogP contribution >= 0.6 is 0 Å². The number of aryl methyl sites for hydroxylation is 12. The Kier molecular flexibility index (Phi) is 34.9. The van der Waals surface area contributed by atoms with E-state index in [0.29, 0.717) is 0 Å². The normalized spacial score (nSPS) is 10.1. The molecule has 0 aliphatic heterocycles. The van der Waals surface area contributed by atoms with Crippen LogP contribution in [0.4, 0.5) is 0 Å². The van der Waals surface area contributed by atoms with Gasteiger partial charge in [-0.3, -0.25) is 0 Å². The molecular formula is C124H116. The summed E-state index contributed by atoms with van der Waals surface area (Å²) in [6.45, 7) is 25.4. The number of rotatable bonds is 6. The highest BCUT2D eigenvalue weighted by molar-refractivity contribution is 5.97. The average molecular weight is 1610 g/mol. The van der Waals surface area contributed by atoms with E-state index in [1.54, 1.807) is 0 Å². The summed E-state index contributed by atoms with van der Waals surface area (Å²) < 4.78 is 0. The fourth-order valence-electron chi connectivity index (χ4n) is 14.0. The van der Waals surface area contributed by atoms with Crippen molar-refractivity contribution in [2.75, 3.05) is 0 Å². The van der Waals surface area contributed by atoms with E-state index in [2.05, 4.69) is 532 Å². The van der Waals surface area contributed by atoms with E-state index in [9.17, 15) is 0 Å². The van der Waals surface area contributed by atoms with Gasteiger partial charge in [-0.05, 0) is 210 Å². The first-order valence-corrected chi connectivity index (χ1v) is 43.0. The molecule has 612 valence electrons. The Morgan fingerprint density at radius 2 is 0.339 bits per heavy atom. The molecule has 124 heavy (non-hydrogen) atoms. The molecule has 0 heteroatoms. The summed E-state index contributed by atoms with van der Waals surface area (Å²) in [5.74, 6) is 0. The van der Waals surface area contributed by atoms with Crippen LogP contribution in [0, 0.1) is 83.1 Å². The molecule has 0 N–H and O–H groups in total. The van der Waals surface area contributed by atoms with Crippen LogP contribution in [0.25, 0.3) is 110 Å². The van der Waals surface area contributed by atoms with Gasteiger partial charge in [-0.15, -0.1) is 0 Å². The SMILES string of the molecule is Cc1ccc(-c2ccc(C)cc2)cc1.Cc1ccc(-c2ccc3ccccc3c2)cc1.Cc1ccc(-c2cccc3ccccc23)cc1.Cc1ccc(-c2ccccc2)cc1.Cc1ccc(C)cc1.Cc1ccc2ccccc2c1.Cc1cccc(-c2ccccc2)c1.Cc1cccc2ccccc12.Cc1ccccc1.Cc1ccccc1-c1ccccc1. The highest BCUT2D eigenvalue weighted by Gasteiger charge is 2.06. The van der Waals surface area contributed by atoms with Gasteiger partial charge in [0.2, 0.25) is 0 Å². The van der Waals surface area contributed by atoms with Crippen LogP contribution in [0.2, 0.25) is 0 Å². The maximum atomic E-state index is 2.25. The van der Waals surface area contributed by atoms with Gasteiger partial charge in [-0.1, -0.05) is 535 Å². The molecule has 0 aliphatic rings. The average Bonchev–Trinajstić information content (AvgIpc) is 0.785. The van der Waals surface area contributed by atoms with Gasteiger partial charge in [-0.2, -0.15) is 0 Å². The second-order valence-electron chi connectivity index (χ2n) is 31.7. The fraction of sp³-hybridized carbons (Fsp3) is 0.0968. The van der Waals surface area contributed by atoms with Crippen molar-refractivity contribution in [1.82, 2.24) is 0 Å². The number of hydrogen-bond acceptors (Lipinski definition) is 0. The Labute approximate surface area is 739 Å². The highest BCUT2D eigenvalue weighted by Crippen LogP contribution is 2.31. The van der Waals surface area contributed by atoms with Gasteiger partial charge < -0.3 is 0 Å². The molecular weight excluding hydrogens is 1490 g/mol. The number of benzene rings is 20. The van der Waals surface area contributed by atoms with Crippen molar-refractivity contribution >= 4 is 43.1 Å². The van der Waals surface area contributed by atoms with Crippen molar-refractivity contribution in [3.05, 3.63) is 552 Å². The Balaban J connectivity index is 0.000000135.